The van der Waals surface area contributed by atoms with Crippen LogP contribution < -0.4 is 10.6 Å². The molecule has 0 unspecified atom stereocenters. The van der Waals surface area contributed by atoms with Crippen molar-refractivity contribution in [2.45, 2.75) is 13.8 Å². The Labute approximate surface area is 115 Å². The second-order valence-electron chi connectivity index (χ2n) is 5.30. The molecule has 0 aliphatic rings. The zero-order valence-corrected chi connectivity index (χ0v) is 12.2. The van der Waals surface area contributed by atoms with Gasteiger partial charge in [-0.3, -0.25) is 9.78 Å². The minimum Gasteiger partial charge on any atom is -0.382 e. The lowest BCUT2D eigenvalue weighted by Gasteiger charge is -2.12. The van der Waals surface area contributed by atoms with Crippen molar-refractivity contribution in [1.82, 2.24) is 15.2 Å². The van der Waals surface area contributed by atoms with Crippen LogP contribution >= 0.6 is 0 Å². The number of aromatic nitrogens is 1. The van der Waals surface area contributed by atoms with E-state index in [2.05, 4.69) is 34.4 Å². The minimum absolute atomic E-state index is 0.0718. The van der Waals surface area contributed by atoms with E-state index in [1.807, 2.05) is 20.2 Å². The summed E-state index contributed by atoms with van der Waals surface area (Å²) in [5, 5.41) is 6.14. The third-order valence-corrected chi connectivity index (χ3v) is 2.56. The van der Waals surface area contributed by atoms with Crippen LogP contribution in [0.1, 0.15) is 24.2 Å². The first-order valence-electron chi connectivity index (χ1n) is 6.61. The third kappa shape index (κ3) is 6.20. The average molecular weight is 264 g/mol. The molecule has 0 saturated carbocycles. The van der Waals surface area contributed by atoms with Gasteiger partial charge in [-0.25, -0.2) is 0 Å². The van der Waals surface area contributed by atoms with Gasteiger partial charge in [-0.1, -0.05) is 13.8 Å². The Morgan fingerprint density at radius 2 is 2.11 bits per heavy atom. The Kier molecular flexibility index (Phi) is 6.29. The summed E-state index contributed by atoms with van der Waals surface area (Å²) in [5.74, 6) is 0.371. The molecular weight excluding hydrogens is 240 g/mol. The Morgan fingerprint density at radius 3 is 2.74 bits per heavy atom. The maximum Gasteiger partial charge on any atom is 0.252 e. The predicted molar refractivity (Wildman–Crippen MR) is 78.5 cm³/mol. The van der Waals surface area contributed by atoms with Crippen molar-refractivity contribution in [1.29, 1.82) is 0 Å². The summed E-state index contributed by atoms with van der Waals surface area (Å²) >= 11 is 0. The highest BCUT2D eigenvalue weighted by atomic mass is 16.1. The van der Waals surface area contributed by atoms with Crippen molar-refractivity contribution in [3.63, 3.8) is 0 Å². The summed E-state index contributed by atoms with van der Waals surface area (Å²) in [6.45, 7) is 6.57. The van der Waals surface area contributed by atoms with Crippen LogP contribution in [0, 0.1) is 5.92 Å². The van der Waals surface area contributed by atoms with Gasteiger partial charge in [0.2, 0.25) is 0 Å². The van der Waals surface area contributed by atoms with E-state index in [0.717, 1.165) is 18.8 Å². The van der Waals surface area contributed by atoms with Crippen LogP contribution in [0.5, 0.6) is 0 Å². The molecule has 0 aliphatic heterocycles. The van der Waals surface area contributed by atoms with Gasteiger partial charge >= 0.3 is 0 Å². The SMILES string of the molecule is CC(C)CNC(=O)c1cncc(NCCN(C)C)c1. The van der Waals surface area contributed by atoms with Crippen molar-refractivity contribution in [3.8, 4) is 0 Å². The summed E-state index contributed by atoms with van der Waals surface area (Å²) in [6, 6.07) is 1.83. The number of nitrogens with zero attached hydrogens (tertiary/aromatic N) is 2. The van der Waals surface area contributed by atoms with E-state index >= 15 is 0 Å². The standard InChI is InChI=1S/C14H24N4O/c1-11(2)8-17-14(19)12-7-13(10-15-9-12)16-5-6-18(3)4/h7,9-11,16H,5-6,8H2,1-4H3,(H,17,19). The summed E-state index contributed by atoms with van der Waals surface area (Å²) in [4.78, 5) is 18.1. The van der Waals surface area contributed by atoms with Crippen LogP contribution in [0.25, 0.3) is 0 Å². The van der Waals surface area contributed by atoms with Crippen LogP contribution in [-0.4, -0.2) is 49.5 Å². The monoisotopic (exact) mass is 264 g/mol. The van der Waals surface area contributed by atoms with Gasteiger partial charge in [-0.05, 0) is 26.1 Å². The third-order valence-electron chi connectivity index (χ3n) is 2.56. The van der Waals surface area contributed by atoms with E-state index in [9.17, 15) is 4.79 Å². The van der Waals surface area contributed by atoms with Crippen LogP contribution in [-0.2, 0) is 0 Å². The van der Waals surface area contributed by atoms with Crippen LogP contribution in [0.2, 0.25) is 0 Å². The molecule has 1 heterocycles. The average Bonchev–Trinajstić information content (AvgIpc) is 2.36. The molecule has 0 aromatic carbocycles. The minimum atomic E-state index is -0.0718. The second-order valence-corrected chi connectivity index (χ2v) is 5.30. The number of likely N-dealkylation sites (N-methyl/N-ethyl adjacent to an activating group) is 1. The van der Waals surface area contributed by atoms with Gasteiger partial charge in [0.15, 0.2) is 0 Å². The van der Waals surface area contributed by atoms with Gasteiger partial charge in [-0.15, -0.1) is 0 Å². The number of pyridine rings is 1. The van der Waals surface area contributed by atoms with Crippen molar-refractivity contribution < 1.29 is 4.79 Å². The fourth-order valence-electron chi connectivity index (χ4n) is 1.48. The van der Waals surface area contributed by atoms with E-state index in [4.69, 9.17) is 0 Å². The topological polar surface area (TPSA) is 57.3 Å². The molecule has 0 atom stereocenters. The molecule has 0 spiro atoms. The van der Waals surface area contributed by atoms with Gasteiger partial charge < -0.3 is 15.5 Å². The van der Waals surface area contributed by atoms with Crippen LogP contribution in [0.4, 0.5) is 5.69 Å². The maximum atomic E-state index is 11.9. The van der Waals surface area contributed by atoms with Crippen LogP contribution in [0.15, 0.2) is 18.5 Å². The van der Waals surface area contributed by atoms with Gasteiger partial charge in [0.1, 0.15) is 0 Å². The fourth-order valence-corrected chi connectivity index (χ4v) is 1.48. The molecule has 0 saturated heterocycles. The van der Waals surface area contributed by atoms with E-state index < -0.39 is 0 Å². The van der Waals surface area contributed by atoms with Crippen molar-refractivity contribution in [2.24, 2.45) is 5.92 Å². The summed E-state index contributed by atoms with van der Waals surface area (Å²) in [6.07, 6.45) is 3.32. The number of hydrogen-bond donors (Lipinski definition) is 2. The predicted octanol–water partition coefficient (Wildman–Crippen LogP) is 1.44. The first kappa shape index (κ1) is 15.4. The summed E-state index contributed by atoms with van der Waals surface area (Å²) < 4.78 is 0. The van der Waals surface area contributed by atoms with E-state index in [1.165, 1.54) is 0 Å². The number of rotatable bonds is 7. The number of amides is 1. The highest BCUT2D eigenvalue weighted by molar-refractivity contribution is 5.94. The first-order valence-corrected chi connectivity index (χ1v) is 6.61. The Bertz CT molecular complexity index is 404. The zero-order chi connectivity index (χ0) is 14.3. The molecule has 5 heteroatoms. The first-order chi connectivity index (χ1) is 8.99. The van der Waals surface area contributed by atoms with Gasteiger partial charge in [0, 0.05) is 32.0 Å². The lowest BCUT2D eigenvalue weighted by atomic mass is 10.2. The normalized spacial score (nSPS) is 10.8. The lowest BCUT2D eigenvalue weighted by molar-refractivity contribution is 0.0948. The molecule has 1 aromatic heterocycles. The number of carbonyl (C=O) groups excluding carboxylic acids is 1. The fraction of sp³-hybridized carbons (Fsp3) is 0.571. The van der Waals surface area contributed by atoms with Gasteiger partial charge in [-0.2, -0.15) is 0 Å². The molecule has 1 aromatic rings. The molecule has 0 aliphatic carbocycles. The van der Waals surface area contributed by atoms with E-state index in [-0.39, 0.29) is 5.91 Å². The molecular formula is C14H24N4O. The quantitative estimate of drug-likeness (QED) is 0.782. The molecule has 1 rings (SSSR count). The van der Waals surface area contributed by atoms with Gasteiger partial charge in [0.25, 0.3) is 5.91 Å². The zero-order valence-electron chi connectivity index (χ0n) is 12.2. The van der Waals surface area contributed by atoms with Gasteiger partial charge in [0.05, 0.1) is 11.3 Å². The molecule has 5 nitrogen and oxygen atoms in total. The molecule has 106 valence electrons. The number of hydrogen-bond acceptors (Lipinski definition) is 4. The van der Waals surface area contributed by atoms with E-state index in [1.54, 1.807) is 12.4 Å². The second kappa shape index (κ2) is 7.74. The molecule has 0 fully saturated rings. The van der Waals surface area contributed by atoms with Crippen molar-refractivity contribution in [2.75, 3.05) is 39.0 Å². The number of carbonyl (C=O) groups is 1. The van der Waals surface area contributed by atoms with Crippen molar-refractivity contribution in [3.05, 3.63) is 24.0 Å². The Hall–Kier alpha value is -1.62. The molecule has 1 amide bonds. The summed E-state index contributed by atoms with van der Waals surface area (Å²) in [5.41, 5.74) is 1.47. The molecule has 0 bridgehead atoms. The lowest BCUT2D eigenvalue weighted by Crippen LogP contribution is -2.27. The number of nitrogens with one attached hydrogen (secondary N) is 2. The van der Waals surface area contributed by atoms with E-state index in [0.29, 0.717) is 18.0 Å². The van der Waals surface area contributed by atoms with Crippen molar-refractivity contribution >= 4 is 11.6 Å². The van der Waals surface area contributed by atoms with Crippen LogP contribution in [0.3, 0.4) is 0 Å². The Balaban J connectivity index is 2.53. The largest absolute Gasteiger partial charge is 0.382 e. The highest BCUT2D eigenvalue weighted by Gasteiger charge is 2.07. The Morgan fingerprint density at radius 1 is 1.37 bits per heavy atom. The molecule has 19 heavy (non-hydrogen) atoms. The maximum absolute atomic E-state index is 11.9. The molecule has 0 radical (unpaired) electrons. The molecule has 2 N–H and O–H groups in total. The summed E-state index contributed by atoms with van der Waals surface area (Å²) in [7, 11) is 4.05. The number of anilines is 1. The highest BCUT2D eigenvalue weighted by Crippen LogP contribution is 2.08. The smallest absolute Gasteiger partial charge is 0.252 e.